The van der Waals surface area contributed by atoms with E-state index >= 15 is 0 Å². The molecule has 0 aliphatic rings. The fourth-order valence-electron chi connectivity index (χ4n) is 5.03. The minimum Gasteiger partial charge on any atom is -0.134 e. The van der Waals surface area contributed by atoms with Crippen molar-refractivity contribution in [2.45, 2.75) is 39.5 Å². The van der Waals surface area contributed by atoms with Crippen LogP contribution in [-0.2, 0) is 0 Å². The van der Waals surface area contributed by atoms with E-state index in [0.29, 0.717) is 11.8 Å². The van der Waals surface area contributed by atoms with Gasteiger partial charge < -0.3 is 0 Å². The van der Waals surface area contributed by atoms with Gasteiger partial charge in [-0.25, -0.2) is 0 Å². The molecule has 0 spiro atoms. The van der Waals surface area contributed by atoms with Crippen molar-refractivity contribution in [3.8, 4) is 52.9 Å². The fraction of sp³-hybridized carbons (Fsp3) is 0.158. The first-order valence-electron chi connectivity index (χ1n) is 14.1. The maximum absolute atomic E-state index is 2.26. The van der Waals surface area contributed by atoms with Crippen LogP contribution in [0.1, 0.15) is 50.7 Å². The number of hydrogen-bond donors (Lipinski definition) is 0. The molecule has 0 nitrogen and oxygen atoms in total. The Hall–Kier alpha value is -3.72. The molecular formula is C38H34S2. The highest BCUT2D eigenvalue weighted by molar-refractivity contribution is 7.25. The summed E-state index contributed by atoms with van der Waals surface area (Å²) in [4.78, 5) is 5.25. The second-order valence-electron chi connectivity index (χ2n) is 11.0. The first-order valence-corrected chi connectivity index (χ1v) is 15.7. The molecule has 0 unspecified atom stereocenters. The van der Waals surface area contributed by atoms with Gasteiger partial charge in [0.05, 0.1) is 0 Å². The van der Waals surface area contributed by atoms with Crippen LogP contribution in [0, 0.1) is 0 Å². The Balaban J connectivity index is 1.16. The molecule has 40 heavy (non-hydrogen) atoms. The van der Waals surface area contributed by atoms with Gasteiger partial charge in [-0.15, -0.1) is 22.7 Å². The van der Waals surface area contributed by atoms with E-state index in [2.05, 4.69) is 149 Å². The molecule has 2 heteroatoms. The van der Waals surface area contributed by atoms with Crippen LogP contribution in [-0.4, -0.2) is 0 Å². The predicted octanol–water partition coefficient (Wildman–Crippen LogP) is 12.4. The molecule has 2 heterocycles. The second-order valence-corrected chi connectivity index (χ2v) is 13.2. The summed E-state index contributed by atoms with van der Waals surface area (Å²) in [6, 6.07) is 44.9. The molecule has 6 aromatic rings. The SMILES string of the molecule is CC(C)c1ccc(-c2ccc(-c3ccc(-c4ccc(-c5ccc(-c6ccc(C(C)C)cc6)cc5)s4)s3)cc2)cc1. The lowest BCUT2D eigenvalue weighted by atomic mass is 9.98. The van der Waals surface area contributed by atoms with Gasteiger partial charge in [0.15, 0.2) is 0 Å². The molecule has 0 radical (unpaired) electrons. The van der Waals surface area contributed by atoms with E-state index < -0.39 is 0 Å². The Bertz CT molecular complexity index is 1560. The molecule has 0 saturated heterocycles. The molecule has 2 aromatic heterocycles. The zero-order valence-electron chi connectivity index (χ0n) is 23.5. The maximum atomic E-state index is 2.26. The lowest BCUT2D eigenvalue weighted by Crippen LogP contribution is -1.86. The maximum Gasteiger partial charge on any atom is 0.0449 e. The third-order valence-electron chi connectivity index (χ3n) is 7.62. The van der Waals surface area contributed by atoms with E-state index in [1.54, 1.807) is 0 Å². The van der Waals surface area contributed by atoms with Crippen LogP contribution in [0.2, 0.25) is 0 Å². The number of rotatable bonds is 7. The predicted molar refractivity (Wildman–Crippen MR) is 178 cm³/mol. The van der Waals surface area contributed by atoms with Gasteiger partial charge in [-0.2, -0.15) is 0 Å². The zero-order chi connectivity index (χ0) is 27.6. The first kappa shape index (κ1) is 26.5. The van der Waals surface area contributed by atoms with Gasteiger partial charge in [-0.3, -0.25) is 0 Å². The third-order valence-corrected chi connectivity index (χ3v) is 10.1. The molecule has 0 bridgehead atoms. The lowest BCUT2D eigenvalue weighted by molar-refractivity contribution is 0.867. The standard InChI is InChI=1S/C38H34S2/c1-25(2)27-5-9-29(10-6-27)31-13-17-33(18-14-31)35-21-23-37(39-35)38-24-22-36(40-38)34-19-15-32(16-20-34)30-11-7-28(8-12-30)26(3)4/h5-26H,1-4H3. The lowest BCUT2D eigenvalue weighted by Gasteiger charge is -2.08. The Morgan fingerprint density at radius 3 is 0.850 bits per heavy atom. The van der Waals surface area contributed by atoms with Gasteiger partial charge >= 0.3 is 0 Å². The van der Waals surface area contributed by atoms with E-state index in [0.717, 1.165) is 0 Å². The Morgan fingerprint density at radius 2 is 0.550 bits per heavy atom. The highest BCUT2D eigenvalue weighted by atomic mass is 32.1. The first-order chi connectivity index (χ1) is 19.4. The zero-order valence-corrected chi connectivity index (χ0v) is 25.2. The molecule has 198 valence electrons. The number of thiophene rings is 2. The van der Waals surface area contributed by atoms with Gasteiger partial charge in [-0.1, -0.05) is 125 Å². The van der Waals surface area contributed by atoms with Crippen molar-refractivity contribution in [2.75, 3.05) is 0 Å². The normalized spacial score (nSPS) is 11.4. The number of benzene rings is 4. The highest BCUT2D eigenvalue weighted by Gasteiger charge is 2.10. The van der Waals surface area contributed by atoms with Crippen molar-refractivity contribution >= 4 is 22.7 Å². The van der Waals surface area contributed by atoms with Gasteiger partial charge in [0.2, 0.25) is 0 Å². The van der Waals surface area contributed by atoms with Crippen LogP contribution in [0.15, 0.2) is 121 Å². The van der Waals surface area contributed by atoms with Crippen molar-refractivity contribution in [2.24, 2.45) is 0 Å². The van der Waals surface area contributed by atoms with Crippen molar-refractivity contribution < 1.29 is 0 Å². The summed E-state index contributed by atoms with van der Waals surface area (Å²) in [6.07, 6.45) is 0. The Morgan fingerprint density at radius 1 is 0.300 bits per heavy atom. The molecule has 0 aliphatic heterocycles. The molecular weight excluding hydrogens is 521 g/mol. The van der Waals surface area contributed by atoms with E-state index in [9.17, 15) is 0 Å². The third kappa shape index (κ3) is 5.61. The van der Waals surface area contributed by atoms with Crippen LogP contribution in [0.3, 0.4) is 0 Å². The minimum absolute atomic E-state index is 0.558. The molecule has 0 atom stereocenters. The molecule has 4 aromatic carbocycles. The smallest absolute Gasteiger partial charge is 0.0449 e. The van der Waals surface area contributed by atoms with E-state index in [1.165, 1.54) is 64.0 Å². The van der Waals surface area contributed by atoms with Crippen LogP contribution >= 0.6 is 22.7 Å². The van der Waals surface area contributed by atoms with Crippen molar-refractivity contribution in [1.29, 1.82) is 0 Å². The monoisotopic (exact) mass is 554 g/mol. The summed E-state index contributed by atoms with van der Waals surface area (Å²) in [6.45, 7) is 8.95. The van der Waals surface area contributed by atoms with Crippen LogP contribution in [0.25, 0.3) is 52.9 Å². The van der Waals surface area contributed by atoms with Crippen LogP contribution in [0.5, 0.6) is 0 Å². The van der Waals surface area contributed by atoms with Gasteiger partial charge in [0, 0.05) is 19.5 Å². The van der Waals surface area contributed by atoms with E-state index in [1.807, 2.05) is 22.7 Å². The van der Waals surface area contributed by atoms with E-state index in [4.69, 9.17) is 0 Å². The Kier molecular flexibility index (Phi) is 7.56. The summed E-state index contributed by atoms with van der Waals surface area (Å²) in [5.41, 5.74) is 10.4. The largest absolute Gasteiger partial charge is 0.134 e. The summed E-state index contributed by atoms with van der Waals surface area (Å²) in [5.74, 6) is 1.12. The molecule has 0 saturated carbocycles. The topological polar surface area (TPSA) is 0 Å². The average molecular weight is 555 g/mol. The minimum atomic E-state index is 0.558. The summed E-state index contributed by atoms with van der Waals surface area (Å²) >= 11 is 3.74. The van der Waals surface area contributed by atoms with Crippen molar-refractivity contribution in [3.05, 3.63) is 132 Å². The van der Waals surface area contributed by atoms with Crippen LogP contribution in [0.4, 0.5) is 0 Å². The quantitative estimate of drug-likeness (QED) is 0.184. The average Bonchev–Trinajstić information content (AvgIpc) is 3.68. The summed E-state index contributed by atoms with van der Waals surface area (Å²) in [7, 11) is 0. The second kappa shape index (κ2) is 11.4. The highest BCUT2D eigenvalue weighted by Crippen LogP contribution is 2.41. The molecule has 0 fully saturated rings. The van der Waals surface area contributed by atoms with Gasteiger partial charge in [0.25, 0.3) is 0 Å². The van der Waals surface area contributed by atoms with Crippen LogP contribution < -0.4 is 0 Å². The molecule has 0 amide bonds. The van der Waals surface area contributed by atoms with Crippen molar-refractivity contribution in [1.82, 2.24) is 0 Å². The van der Waals surface area contributed by atoms with E-state index in [-0.39, 0.29) is 0 Å². The van der Waals surface area contributed by atoms with Gasteiger partial charge in [0.1, 0.15) is 0 Å². The molecule has 0 N–H and O–H groups in total. The molecule has 6 rings (SSSR count). The Labute approximate surface area is 246 Å². The summed E-state index contributed by atoms with van der Waals surface area (Å²) < 4.78 is 0. The van der Waals surface area contributed by atoms with Crippen molar-refractivity contribution in [3.63, 3.8) is 0 Å². The van der Waals surface area contributed by atoms with Gasteiger partial charge in [-0.05, 0) is 80.6 Å². The fourth-order valence-corrected chi connectivity index (χ4v) is 7.14. The number of hydrogen-bond acceptors (Lipinski definition) is 2. The summed E-state index contributed by atoms with van der Waals surface area (Å²) in [5, 5.41) is 0. The molecule has 0 aliphatic carbocycles.